The van der Waals surface area contributed by atoms with Gasteiger partial charge in [0.15, 0.2) is 5.13 Å². The van der Waals surface area contributed by atoms with Crippen molar-refractivity contribution in [2.24, 2.45) is 0 Å². The Bertz CT molecular complexity index is 1400. The summed E-state index contributed by atoms with van der Waals surface area (Å²) in [4.78, 5) is 22.6. The van der Waals surface area contributed by atoms with Crippen molar-refractivity contribution in [3.63, 3.8) is 0 Å². The molecule has 0 atom stereocenters. The van der Waals surface area contributed by atoms with Gasteiger partial charge in [-0.15, -0.1) is 11.3 Å². The lowest BCUT2D eigenvalue weighted by Crippen LogP contribution is -2.35. The number of aliphatic hydroxyl groups excluding tert-OH is 1. The van der Waals surface area contributed by atoms with Crippen molar-refractivity contribution in [1.29, 1.82) is 0 Å². The predicted octanol–water partition coefficient (Wildman–Crippen LogP) is 3.34. The van der Waals surface area contributed by atoms with Gasteiger partial charge in [0.05, 0.1) is 16.6 Å². The van der Waals surface area contributed by atoms with Crippen LogP contribution < -0.4 is 10.0 Å². The van der Waals surface area contributed by atoms with Gasteiger partial charge in [0, 0.05) is 53.8 Å². The van der Waals surface area contributed by atoms with E-state index in [1.165, 1.54) is 35.2 Å². The highest BCUT2D eigenvalue weighted by atomic mass is 32.2. The molecule has 5 rings (SSSR count). The number of fused-ring (bicyclic) bond motifs is 1. The van der Waals surface area contributed by atoms with Crippen LogP contribution in [0.15, 0.2) is 34.7 Å². The first kappa shape index (κ1) is 23.7. The molecule has 3 aromatic rings. The molecule has 0 aliphatic carbocycles. The Hall–Kier alpha value is -2.99. The summed E-state index contributed by atoms with van der Waals surface area (Å²) in [5.41, 5.74) is 5.60. The smallest absolute Gasteiger partial charge is 0.263 e. The molecule has 0 spiro atoms. The van der Waals surface area contributed by atoms with Crippen molar-refractivity contribution in [1.82, 2.24) is 14.9 Å². The number of hydrogen-bond acceptors (Lipinski definition) is 7. The third-order valence-electron chi connectivity index (χ3n) is 6.60. The van der Waals surface area contributed by atoms with Crippen LogP contribution in [-0.4, -0.2) is 53.5 Å². The Morgan fingerprint density at radius 2 is 2.06 bits per heavy atom. The van der Waals surface area contributed by atoms with E-state index in [4.69, 9.17) is 0 Å². The maximum Gasteiger partial charge on any atom is 0.263 e. The zero-order valence-electron chi connectivity index (χ0n) is 19.5. The summed E-state index contributed by atoms with van der Waals surface area (Å²) in [6.07, 6.45) is 4.65. The lowest BCUT2D eigenvalue weighted by atomic mass is 10.0. The number of likely N-dealkylation sites (tertiary alicyclic amines) is 1. The Morgan fingerprint density at radius 3 is 2.77 bits per heavy atom. The molecule has 2 aliphatic heterocycles. The molecule has 0 radical (unpaired) electrons. The monoisotopic (exact) mass is 513 g/mol. The van der Waals surface area contributed by atoms with Crippen molar-refractivity contribution in [2.45, 2.75) is 44.2 Å². The molecule has 1 amide bonds. The van der Waals surface area contributed by atoms with Gasteiger partial charge in [-0.25, -0.2) is 13.4 Å². The summed E-state index contributed by atoms with van der Waals surface area (Å²) < 4.78 is 28.2. The van der Waals surface area contributed by atoms with Crippen LogP contribution in [0.4, 0.5) is 10.8 Å². The molecule has 1 saturated heterocycles. The average Bonchev–Trinajstić information content (AvgIpc) is 3.50. The molecule has 1 aromatic carbocycles. The van der Waals surface area contributed by atoms with Crippen LogP contribution in [-0.2, 0) is 21.4 Å². The number of thiazole rings is 1. The normalized spacial score (nSPS) is 18.1. The minimum Gasteiger partial charge on any atom is -0.393 e. The summed E-state index contributed by atoms with van der Waals surface area (Å²) in [5.74, 6) is -0.277. The molecular weight excluding hydrogens is 486 g/mol. The summed E-state index contributed by atoms with van der Waals surface area (Å²) in [5, 5.41) is 14.6. The molecule has 2 aromatic heterocycles. The van der Waals surface area contributed by atoms with E-state index in [-0.39, 0.29) is 22.0 Å². The maximum atomic E-state index is 12.9. The number of benzene rings is 1. The molecule has 184 valence electrons. The van der Waals surface area contributed by atoms with Crippen LogP contribution >= 0.6 is 11.3 Å². The highest BCUT2D eigenvalue weighted by Gasteiger charge is 2.28. The van der Waals surface area contributed by atoms with Gasteiger partial charge < -0.3 is 15.4 Å². The van der Waals surface area contributed by atoms with Crippen LogP contribution in [0.3, 0.4) is 0 Å². The summed E-state index contributed by atoms with van der Waals surface area (Å²) in [6.45, 7) is 6.52. The lowest BCUT2D eigenvalue weighted by molar-refractivity contribution is -0.110. The molecule has 1 fully saturated rings. The number of nitrogens with one attached hydrogen (secondary N) is 3. The summed E-state index contributed by atoms with van der Waals surface area (Å²) in [6, 6.07) is 4.59. The molecule has 9 nitrogen and oxygen atoms in total. The SMILES string of the molecule is Cc1[nH]c(C=C2C(=O)Nc3ccc(S(=O)(=O)Nc4nccs4)cc32)c(C)c1CN1CCC(O)CC1. The van der Waals surface area contributed by atoms with Gasteiger partial charge in [-0.2, -0.15) is 0 Å². The Labute approximate surface area is 208 Å². The van der Waals surface area contributed by atoms with Crippen LogP contribution in [0.1, 0.15) is 40.9 Å². The quantitative estimate of drug-likeness (QED) is 0.375. The molecule has 4 N–H and O–H groups in total. The van der Waals surface area contributed by atoms with E-state index < -0.39 is 10.0 Å². The molecule has 2 aliphatic rings. The first-order chi connectivity index (χ1) is 16.7. The second-order valence-electron chi connectivity index (χ2n) is 8.94. The fourth-order valence-electron chi connectivity index (χ4n) is 4.57. The molecular formula is C24H27N5O4S2. The number of piperidine rings is 1. The number of aliphatic hydroxyl groups is 1. The Balaban J connectivity index is 1.45. The molecule has 4 heterocycles. The van der Waals surface area contributed by atoms with Gasteiger partial charge in [-0.1, -0.05) is 0 Å². The number of H-pyrrole nitrogens is 1. The molecule has 0 unspecified atom stereocenters. The fraction of sp³-hybridized carbons (Fsp3) is 0.333. The van der Waals surface area contributed by atoms with E-state index in [0.29, 0.717) is 16.8 Å². The lowest BCUT2D eigenvalue weighted by Gasteiger charge is -2.29. The van der Waals surface area contributed by atoms with E-state index in [9.17, 15) is 18.3 Å². The van der Waals surface area contributed by atoms with E-state index >= 15 is 0 Å². The number of carbonyl (C=O) groups is 1. The van der Waals surface area contributed by atoms with Gasteiger partial charge >= 0.3 is 0 Å². The fourth-order valence-corrected chi connectivity index (χ4v) is 6.38. The topological polar surface area (TPSA) is 127 Å². The van der Waals surface area contributed by atoms with Crippen LogP contribution in [0.2, 0.25) is 0 Å². The van der Waals surface area contributed by atoms with Gasteiger partial charge in [-0.05, 0) is 62.1 Å². The number of sulfonamides is 1. The van der Waals surface area contributed by atoms with Gasteiger partial charge in [0.1, 0.15) is 0 Å². The van der Waals surface area contributed by atoms with Crippen molar-refractivity contribution in [2.75, 3.05) is 23.1 Å². The number of amides is 1. The van der Waals surface area contributed by atoms with Crippen LogP contribution in [0.25, 0.3) is 11.6 Å². The number of aryl methyl sites for hydroxylation is 1. The van der Waals surface area contributed by atoms with E-state index in [0.717, 1.165) is 49.4 Å². The third kappa shape index (κ3) is 4.76. The third-order valence-corrected chi connectivity index (χ3v) is 8.75. The van der Waals surface area contributed by atoms with Crippen molar-refractivity contribution in [3.8, 4) is 0 Å². The molecule has 0 saturated carbocycles. The maximum absolute atomic E-state index is 12.9. The summed E-state index contributed by atoms with van der Waals surface area (Å²) >= 11 is 1.19. The van der Waals surface area contributed by atoms with Crippen molar-refractivity contribution < 1.29 is 18.3 Å². The first-order valence-corrected chi connectivity index (χ1v) is 13.8. The van der Waals surface area contributed by atoms with Gasteiger partial charge in [-0.3, -0.25) is 14.4 Å². The van der Waals surface area contributed by atoms with Gasteiger partial charge in [0.2, 0.25) is 0 Å². The number of rotatable bonds is 6. The van der Waals surface area contributed by atoms with Crippen molar-refractivity contribution in [3.05, 3.63) is 57.9 Å². The molecule has 35 heavy (non-hydrogen) atoms. The number of aromatic nitrogens is 2. The van der Waals surface area contributed by atoms with Crippen LogP contribution in [0.5, 0.6) is 0 Å². The second kappa shape index (κ2) is 9.23. The van der Waals surface area contributed by atoms with Gasteiger partial charge in [0.25, 0.3) is 15.9 Å². The zero-order valence-corrected chi connectivity index (χ0v) is 21.1. The zero-order chi connectivity index (χ0) is 24.7. The number of hydrogen-bond donors (Lipinski definition) is 4. The standard InChI is InChI=1S/C24H27N5O4S2/c1-14-20(13-29-8-5-16(30)6-9-29)15(2)26-22(14)12-19-18-11-17(3-4-21(18)27-23(19)31)35(32,33)28-24-25-7-10-34-24/h3-4,7,10-12,16,26,30H,5-6,8-9,13H2,1-2H3,(H,25,28)(H,27,31). The minimum absolute atomic E-state index is 0.0567. The largest absolute Gasteiger partial charge is 0.393 e. The number of aromatic amines is 1. The van der Waals surface area contributed by atoms with Crippen LogP contribution in [0, 0.1) is 13.8 Å². The second-order valence-corrected chi connectivity index (χ2v) is 11.5. The molecule has 11 heteroatoms. The summed E-state index contributed by atoms with van der Waals surface area (Å²) in [7, 11) is -3.85. The highest BCUT2D eigenvalue weighted by molar-refractivity contribution is 7.93. The minimum atomic E-state index is -3.85. The molecule has 0 bridgehead atoms. The van der Waals surface area contributed by atoms with E-state index in [1.54, 1.807) is 17.5 Å². The Kier molecular flexibility index (Phi) is 6.26. The number of anilines is 2. The Morgan fingerprint density at radius 1 is 1.29 bits per heavy atom. The van der Waals surface area contributed by atoms with Crippen molar-refractivity contribution >= 4 is 49.7 Å². The predicted molar refractivity (Wildman–Crippen MR) is 137 cm³/mol. The number of carbonyl (C=O) groups excluding carboxylic acids is 1. The first-order valence-electron chi connectivity index (χ1n) is 11.4. The van der Waals surface area contributed by atoms with E-state index in [2.05, 4.69) is 24.9 Å². The average molecular weight is 514 g/mol. The number of nitrogens with zero attached hydrogens (tertiary/aromatic N) is 2. The van der Waals surface area contributed by atoms with E-state index in [1.807, 2.05) is 13.8 Å². The highest BCUT2D eigenvalue weighted by Crippen LogP contribution is 2.36.